The number of sulfonamides is 1. The third kappa shape index (κ3) is 3.04. The van der Waals surface area contributed by atoms with Crippen LogP contribution in [0.15, 0.2) is 51.8 Å². The van der Waals surface area contributed by atoms with Gasteiger partial charge < -0.3 is 9.64 Å². The quantitative estimate of drug-likeness (QED) is 0.864. The number of nitrogens with zero attached hydrogens (tertiary/aromatic N) is 1. The molecule has 1 aliphatic heterocycles. The van der Waals surface area contributed by atoms with Crippen LogP contribution in [0.1, 0.15) is 0 Å². The molecule has 2 aromatic carbocycles. The maximum Gasteiger partial charge on any atom is 0.264 e. The lowest BCUT2D eigenvalue weighted by Crippen LogP contribution is -2.35. The SMILES string of the molecule is CN1C(=O)COc2c(NS(=O)(=O)c3ccc(Br)cc3)cccc21. The minimum atomic E-state index is -3.75. The zero-order chi connectivity index (χ0) is 16.6. The van der Waals surface area contributed by atoms with Gasteiger partial charge in [0.15, 0.2) is 12.4 Å². The number of benzene rings is 2. The van der Waals surface area contributed by atoms with Crippen LogP contribution in [-0.4, -0.2) is 28.0 Å². The Kier molecular flexibility index (Phi) is 4.03. The van der Waals surface area contributed by atoms with Gasteiger partial charge in [-0.15, -0.1) is 0 Å². The first-order valence-corrected chi connectivity index (χ1v) is 8.97. The van der Waals surface area contributed by atoms with E-state index >= 15 is 0 Å². The average Bonchev–Trinajstić information content (AvgIpc) is 2.51. The highest BCUT2D eigenvalue weighted by Gasteiger charge is 2.26. The summed E-state index contributed by atoms with van der Waals surface area (Å²) in [7, 11) is -2.13. The van der Waals surface area contributed by atoms with Crippen molar-refractivity contribution in [3.63, 3.8) is 0 Å². The van der Waals surface area contributed by atoms with Gasteiger partial charge in [-0.1, -0.05) is 22.0 Å². The summed E-state index contributed by atoms with van der Waals surface area (Å²) in [6.07, 6.45) is 0. The minimum Gasteiger partial charge on any atom is -0.479 e. The molecule has 8 heteroatoms. The summed E-state index contributed by atoms with van der Waals surface area (Å²) in [5.74, 6) is 0.153. The second-order valence-corrected chi connectivity index (χ2v) is 7.55. The molecule has 1 heterocycles. The van der Waals surface area contributed by atoms with E-state index in [1.54, 1.807) is 37.4 Å². The number of nitrogens with one attached hydrogen (secondary N) is 1. The molecule has 2 aromatic rings. The van der Waals surface area contributed by atoms with Gasteiger partial charge in [0.1, 0.15) is 0 Å². The van der Waals surface area contributed by atoms with E-state index in [0.29, 0.717) is 17.1 Å². The van der Waals surface area contributed by atoms with E-state index in [0.717, 1.165) is 4.47 Å². The Morgan fingerprint density at radius 3 is 2.57 bits per heavy atom. The number of fused-ring (bicyclic) bond motifs is 1. The molecule has 0 radical (unpaired) electrons. The van der Waals surface area contributed by atoms with Gasteiger partial charge in [0.2, 0.25) is 0 Å². The van der Waals surface area contributed by atoms with Gasteiger partial charge in [-0.2, -0.15) is 0 Å². The molecule has 0 aliphatic carbocycles. The van der Waals surface area contributed by atoms with Crippen LogP contribution in [0.25, 0.3) is 0 Å². The maximum atomic E-state index is 12.5. The number of hydrogen-bond donors (Lipinski definition) is 1. The van der Waals surface area contributed by atoms with Crippen LogP contribution in [0.5, 0.6) is 5.75 Å². The number of amides is 1. The lowest BCUT2D eigenvalue weighted by Gasteiger charge is -2.27. The fraction of sp³-hybridized carbons (Fsp3) is 0.133. The van der Waals surface area contributed by atoms with Crippen molar-refractivity contribution >= 4 is 43.2 Å². The van der Waals surface area contributed by atoms with E-state index in [9.17, 15) is 13.2 Å². The van der Waals surface area contributed by atoms with Crippen LogP contribution >= 0.6 is 15.9 Å². The predicted octanol–water partition coefficient (Wildman–Crippen LogP) is 2.61. The number of likely N-dealkylation sites (N-methyl/N-ethyl adjacent to an activating group) is 1. The van der Waals surface area contributed by atoms with Crippen molar-refractivity contribution in [2.45, 2.75) is 4.90 Å². The molecule has 0 fully saturated rings. The standard InChI is InChI=1S/C15H13BrN2O4S/c1-18-13-4-2-3-12(15(13)22-9-14(18)19)17-23(20,21)11-7-5-10(16)6-8-11/h2-8,17H,9H2,1H3. The van der Waals surface area contributed by atoms with Crippen LogP contribution in [0, 0.1) is 0 Å². The minimum absolute atomic E-state index is 0.124. The second-order valence-electron chi connectivity index (χ2n) is 4.95. The van der Waals surface area contributed by atoms with Crippen LogP contribution in [0.2, 0.25) is 0 Å². The Morgan fingerprint density at radius 1 is 1.17 bits per heavy atom. The molecule has 6 nitrogen and oxygen atoms in total. The third-order valence-corrected chi connectivity index (χ3v) is 5.35. The molecule has 0 aromatic heterocycles. The van der Waals surface area contributed by atoms with Gasteiger partial charge >= 0.3 is 0 Å². The van der Waals surface area contributed by atoms with E-state index in [2.05, 4.69) is 20.7 Å². The Hall–Kier alpha value is -2.06. The van der Waals surface area contributed by atoms with Crippen LogP contribution < -0.4 is 14.4 Å². The number of hydrogen-bond acceptors (Lipinski definition) is 4. The number of ether oxygens (including phenoxy) is 1. The fourth-order valence-corrected chi connectivity index (χ4v) is 3.53. The van der Waals surface area contributed by atoms with Crippen molar-refractivity contribution in [1.82, 2.24) is 0 Å². The molecule has 3 rings (SSSR count). The van der Waals surface area contributed by atoms with Crippen LogP contribution in [-0.2, 0) is 14.8 Å². The first-order chi connectivity index (χ1) is 10.9. The number of para-hydroxylation sites is 1. The molecular weight excluding hydrogens is 384 g/mol. The summed E-state index contributed by atoms with van der Waals surface area (Å²) in [6.45, 7) is -0.124. The molecule has 0 saturated heterocycles. The third-order valence-electron chi connectivity index (χ3n) is 3.44. The Labute approximate surface area is 142 Å². The summed E-state index contributed by atoms with van der Waals surface area (Å²) in [6, 6.07) is 11.3. The average molecular weight is 397 g/mol. The molecule has 0 spiro atoms. The second kappa shape index (κ2) is 5.86. The maximum absolute atomic E-state index is 12.5. The molecule has 120 valence electrons. The molecule has 23 heavy (non-hydrogen) atoms. The van der Waals surface area contributed by atoms with E-state index in [-0.39, 0.29) is 17.4 Å². The zero-order valence-corrected chi connectivity index (χ0v) is 14.5. The summed E-state index contributed by atoms with van der Waals surface area (Å²) in [5.41, 5.74) is 0.821. The predicted molar refractivity (Wildman–Crippen MR) is 90.3 cm³/mol. The lowest BCUT2D eigenvalue weighted by atomic mass is 10.2. The molecule has 1 aliphatic rings. The van der Waals surface area contributed by atoms with Gasteiger partial charge in [0, 0.05) is 11.5 Å². The highest BCUT2D eigenvalue weighted by Crippen LogP contribution is 2.38. The molecule has 0 saturated carbocycles. The number of carbonyl (C=O) groups excluding carboxylic acids is 1. The van der Waals surface area contributed by atoms with Crippen molar-refractivity contribution in [3.8, 4) is 5.75 Å². The van der Waals surface area contributed by atoms with Crippen molar-refractivity contribution in [2.75, 3.05) is 23.3 Å². The molecule has 0 bridgehead atoms. The topological polar surface area (TPSA) is 75.7 Å². The van der Waals surface area contributed by atoms with Gasteiger partial charge in [-0.25, -0.2) is 8.42 Å². The highest BCUT2D eigenvalue weighted by molar-refractivity contribution is 9.10. The van der Waals surface area contributed by atoms with Crippen molar-refractivity contribution in [1.29, 1.82) is 0 Å². The smallest absolute Gasteiger partial charge is 0.264 e. The molecular formula is C15H13BrN2O4S. The van der Waals surface area contributed by atoms with Crippen LogP contribution in [0.3, 0.4) is 0 Å². The van der Waals surface area contributed by atoms with Crippen molar-refractivity contribution in [2.24, 2.45) is 0 Å². The molecule has 0 unspecified atom stereocenters. The van der Waals surface area contributed by atoms with Gasteiger partial charge in [0.05, 0.1) is 16.3 Å². The number of carbonyl (C=O) groups is 1. The Morgan fingerprint density at radius 2 is 1.87 bits per heavy atom. The van der Waals surface area contributed by atoms with E-state index in [4.69, 9.17) is 4.74 Å². The molecule has 0 atom stereocenters. The largest absolute Gasteiger partial charge is 0.479 e. The molecule has 1 amide bonds. The Bertz CT molecular complexity index is 866. The summed E-state index contributed by atoms with van der Waals surface area (Å²) < 4.78 is 33.7. The van der Waals surface area contributed by atoms with E-state index in [1.807, 2.05) is 0 Å². The zero-order valence-electron chi connectivity index (χ0n) is 12.1. The van der Waals surface area contributed by atoms with Crippen LogP contribution in [0.4, 0.5) is 11.4 Å². The number of rotatable bonds is 3. The number of halogens is 1. The monoisotopic (exact) mass is 396 g/mol. The number of anilines is 2. The van der Waals surface area contributed by atoms with Gasteiger partial charge in [0.25, 0.3) is 15.9 Å². The Balaban J connectivity index is 1.98. The highest BCUT2D eigenvalue weighted by atomic mass is 79.9. The van der Waals surface area contributed by atoms with Gasteiger partial charge in [-0.3, -0.25) is 9.52 Å². The summed E-state index contributed by atoms with van der Waals surface area (Å²) in [4.78, 5) is 13.2. The lowest BCUT2D eigenvalue weighted by molar-refractivity contribution is -0.120. The first kappa shape index (κ1) is 15.8. The summed E-state index contributed by atoms with van der Waals surface area (Å²) in [5, 5.41) is 0. The first-order valence-electron chi connectivity index (χ1n) is 6.69. The van der Waals surface area contributed by atoms with E-state index < -0.39 is 10.0 Å². The fourth-order valence-electron chi connectivity index (χ4n) is 2.20. The van der Waals surface area contributed by atoms with E-state index in [1.165, 1.54) is 17.0 Å². The van der Waals surface area contributed by atoms with Gasteiger partial charge in [-0.05, 0) is 36.4 Å². The van der Waals surface area contributed by atoms with Crippen molar-refractivity contribution < 1.29 is 17.9 Å². The summed E-state index contributed by atoms with van der Waals surface area (Å²) >= 11 is 3.27. The normalized spacial score (nSPS) is 14.2. The molecule has 1 N–H and O–H groups in total. The van der Waals surface area contributed by atoms with Crippen molar-refractivity contribution in [3.05, 3.63) is 46.9 Å².